The molecule has 7 heteroatoms. The molecular formula is C18H13Cl2N3O2. The van der Waals surface area contributed by atoms with Crippen molar-refractivity contribution in [2.45, 2.75) is 6.92 Å². The minimum Gasteiger partial charge on any atom is -0.360 e. The van der Waals surface area contributed by atoms with Crippen molar-refractivity contribution < 1.29 is 9.32 Å². The van der Waals surface area contributed by atoms with Gasteiger partial charge in [-0.2, -0.15) is 5.10 Å². The molecule has 0 fully saturated rings. The predicted molar refractivity (Wildman–Crippen MR) is 98.2 cm³/mol. The zero-order chi connectivity index (χ0) is 17.8. The molecule has 1 heterocycles. The van der Waals surface area contributed by atoms with E-state index >= 15 is 0 Å². The molecule has 0 bridgehead atoms. The van der Waals surface area contributed by atoms with E-state index in [1.807, 2.05) is 30.3 Å². The Hall–Kier alpha value is -2.63. The number of aromatic nitrogens is 1. The van der Waals surface area contributed by atoms with Gasteiger partial charge in [0, 0.05) is 11.1 Å². The van der Waals surface area contributed by atoms with E-state index < -0.39 is 5.91 Å². The van der Waals surface area contributed by atoms with E-state index in [0.29, 0.717) is 32.6 Å². The number of hydrogen-bond acceptors (Lipinski definition) is 4. The van der Waals surface area contributed by atoms with Crippen LogP contribution in [-0.2, 0) is 0 Å². The standard InChI is InChI=1S/C18H13Cl2N3O2/c1-11-15(17(23-25-11)12-6-3-2-4-7-12)18(24)22-21-10-13-8-5-9-14(19)16(13)20/h2-10H,1H3,(H,22,24). The second-order valence-electron chi connectivity index (χ2n) is 5.17. The topological polar surface area (TPSA) is 67.5 Å². The third kappa shape index (κ3) is 3.73. The first-order valence-electron chi connectivity index (χ1n) is 7.37. The molecule has 1 aromatic heterocycles. The lowest BCUT2D eigenvalue weighted by Crippen LogP contribution is -2.18. The molecule has 1 N–H and O–H groups in total. The van der Waals surface area contributed by atoms with E-state index in [9.17, 15) is 4.79 Å². The number of hydrazone groups is 1. The Morgan fingerprint density at radius 2 is 1.92 bits per heavy atom. The van der Waals surface area contributed by atoms with Gasteiger partial charge in [0.25, 0.3) is 5.91 Å². The van der Waals surface area contributed by atoms with Crippen LogP contribution in [0.4, 0.5) is 0 Å². The molecule has 1 amide bonds. The van der Waals surface area contributed by atoms with Gasteiger partial charge in [0.1, 0.15) is 17.0 Å². The first-order valence-corrected chi connectivity index (χ1v) is 8.12. The van der Waals surface area contributed by atoms with Crippen LogP contribution in [0.2, 0.25) is 10.0 Å². The minimum absolute atomic E-state index is 0.334. The number of hydrogen-bond donors (Lipinski definition) is 1. The van der Waals surface area contributed by atoms with Crippen molar-refractivity contribution in [3.63, 3.8) is 0 Å². The summed E-state index contributed by atoms with van der Waals surface area (Å²) >= 11 is 12.0. The fraction of sp³-hybridized carbons (Fsp3) is 0.0556. The van der Waals surface area contributed by atoms with Gasteiger partial charge in [-0.1, -0.05) is 70.8 Å². The number of halogens is 2. The molecule has 3 aromatic rings. The van der Waals surface area contributed by atoms with Crippen molar-refractivity contribution >= 4 is 35.3 Å². The van der Waals surface area contributed by atoms with Gasteiger partial charge >= 0.3 is 0 Å². The highest BCUT2D eigenvalue weighted by Gasteiger charge is 2.21. The maximum absolute atomic E-state index is 12.5. The third-order valence-electron chi connectivity index (χ3n) is 3.49. The first kappa shape index (κ1) is 17.2. The van der Waals surface area contributed by atoms with Gasteiger partial charge in [0.05, 0.1) is 16.3 Å². The molecule has 0 spiro atoms. The summed E-state index contributed by atoms with van der Waals surface area (Å²) in [5.41, 5.74) is 4.64. The van der Waals surface area contributed by atoms with Gasteiger partial charge in [-0.15, -0.1) is 0 Å². The van der Waals surface area contributed by atoms with E-state index in [0.717, 1.165) is 5.56 Å². The lowest BCUT2D eigenvalue weighted by molar-refractivity contribution is 0.0954. The molecule has 0 aliphatic carbocycles. The van der Waals surface area contributed by atoms with Crippen molar-refractivity contribution in [2.75, 3.05) is 0 Å². The Morgan fingerprint density at radius 3 is 2.68 bits per heavy atom. The predicted octanol–water partition coefficient (Wildman–Crippen LogP) is 4.72. The maximum Gasteiger partial charge on any atom is 0.277 e. The number of carbonyl (C=O) groups is 1. The van der Waals surface area contributed by atoms with Gasteiger partial charge in [-0.25, -0.2) is 5.43 Å². The molecule has 5 nitrogen and oxygen atoms in total. The highest BCUT2D eigenvalue weighted by Crippen LogP contribution is 2.25. The summed E-state index contributed by atoms with van der Waals surface area (Å²) in [6.07, 6.45) is 1.43. The quantitative estimate of drug-likeness (QED) is 0.531. The monoisotopic (exact) mass is 373 g/mol. The maximum atomic E-state index is 12.5. The van der Waals surface area contributed by atoms with Gasteiger partial charge in [0.15, 0.2) is 0 Å². The molecule has 0 atom stereocenters. The van der Waals surface area contributed by atoms with Crippen molar-refractivity contribution in [2.24, 2.45) is 5.10 Å². The summed E-state index contributed by atoms with van der Waals surface area (Å²) in [6, 6.07) is 14.5. The van der Waals surface area contributed by atoms with Gasteiger partial charge in [-0.3, -0.25) is 4.79 Å². The Labute approximate surface area is 154 Å². The van der Waals surface area contributed by atoms with Crippen LogP contribution >= 0.6 is 23.2 Å². The van der Waals surface area contributed by atoms with Crippen LogP contribution in [0.25, 0.3) is 11.3 Å². The summed E-state index contributed by atoms with van der Waals surface area (Å²) < 4.78 is 5.17. The summed E-state index contributed by atoms with van der Waals surface area (Å²) in [5, 5.41) is 8.69. The van der Waals surface area contributed by atoms with Crippen molar-refractivity contribution in [1.29, 1.82) is 0 Å². The fourth-order valence-corrected chi connectivity index (χ4v) is 2.63. The van der Waals surface area contributed by atoms with Crippen LogP contribution < -0.4 is 5.43 Å². The molecule has 0 saturated heterocycles. The smallest absolute Gasteiger partial charge is 0.277 e. The first-order chi connectivity index (χ1) is 12.1. The van der Waals surface area contributed by atoms with E-state index in [-0.39, 0.29) is 0 Å². The third-order valence-corrected chi connectivity index (χ3v) is 4.32. The normalized spacial score (nSPS) is 11.0. The Balaban J connectivity index is 1.82. The van der Waals surface area contributed by atoms with E-state index in [1.54, 1.807) is 25.1 Å². The highest BCUT2D eigenvalue weighted by atomic mass is 35.5. The van der Waals surface area contributed by atoms with Crippen molar-refractivity contribution in [3.8, 4) is 11.3 Å². The Bertz CT molecular complexity index is 937. The molecule has 0 aliphatic heterocycles. The molecule has 126 valence electrons. The molecular weight excluding hydrogens is 361 g/mol. The van der Waals surface area contributed by atoms with Crippen LogP contribution in [0.3, 0.4) is 0 Å². The van der Waals surface area contributed by atoms with E-state index in [1.165, 1.54) is 6.21 Å². The van der Waals surface area contributed by atoms with Crippen LogP contribution in [-0.4, -0.2) is 17.3 Å². The highest BCUT2D eigenvalue weighted by molar-refractivity contribution is 6.43. The van der Waals surface area contributed by atoms with Crippen LogP contribution in [0.1, 0.15) is 21.7 Å². The van der Waals surface area contributed by atoms with E-state index in [2.05, 4.69) is 15.7 Å². The number of nitrogens with zero attached hydrogens (tertiary/aromatic N) is 2. The summed E-state index contributed by atoms with van der Waals surface area (Å²) in [6.45, 7) is 1.67. The number of benzene rings is 2. The lowest BCUT2D eigenvalue weighted by atomic mass is 10.1. The molecule has 0 radical (unpaired) electrons. The SMILES string of the molecule is Cc1onc(-c2ccccc2)c1C(=O)NN=Cc1cccc(Cl)c1Cl. The second kappa shape index (κ2) is 7.51. The van der Waals surface area contributed by atoms with Gasteiger partial charge < -0.3 is 4.52 Å². The van der Waals surface area contributed by atoms with Crippen LogP contribution in [0, 0.1) is 6.92 Å². The Morgan fingerprint density at radius 1 is 1.16 bits per heavy atom. The summed E-state index contributed by atoms with van der Waals surface area (Å²) in [5.74, 6) is -0.0145. The molecule has 0 unspecified atom stereocenters. The van der Waals surface area contributed by atoms with Crippen LogP contribution in [0.5, 0.6) is 0 Å². The molecule has 0 aliphatic rings. The summed E-state index contributed by atoms with van der Waals surface area (Å²) in [4.78, 5) is 12.5. The number of carbonyl (C=O) groups excluding carboxylic acids is 1. The molecule has 0 saturated carbocycles. The molecule has 25 heavy (non-hydrogen) atoms. The second-order valence-corrected chi connectivity index (χ2v) is 5.96. The van der Waals surface area contributed by atoms with Crippen molar-refractivity contribution in [3.05, 3.63) is 75.5 Å². The molecule has 2 aromatic carbocycles. The van der Waals surface area contributed by atoms with Crippen molar-refractivity contribution in [1.82, 2.24) is 10.6 Å². The Kier molecular flexibility index (Phi) is 5.16. The van der Waals surface area contributed by atoms with Gasteiger partial charge in [-0.05, 0) is 13.0 Å². The average Bonchev–Trinajstić information content (AvgIpc) is 3.01. The summed E-state index contributed by atoms with van der Waals surface area (Å²) in [7, 11) is 0. The van der Waals surface area contributed by atoms with Gasteiger partial charge in [0.2, 0.25) is 0 Å². The number of amides is 1. The largest absolute Gasteiger partial charge is 0.360 e. The minimum atomic E-state index is -0.424. The zero-order valence-electron chi connectivity index (χ0n) is 13.2. The van der Waals surface area contributed by atoms with Crippen LogP contribution in [0.15, 0.2) is 58.2 Å². The fourth-order valence-electron chi connectivity index (χ4n) is 2.27. The molecule has 3 rings (SSSR count). The number of rotatable bonds is 4. The lowest BCUT2D eigenvalue weighted by Gasteiger charge is -2.02. The number of aryl methyl sites for hydroxylation is 1. The number of nitrogens with one attached hydrogen (secondary N) is 1. The zero-order valence-corrected chi connectivity index (χ0v) is 14.7. The van der Waals surface area contributed by atoms with E-state index in [4.69, 9.17) is 27.7 Å². The average molecular weight is 374 g/mol.